The standard InChI is InChI=1S/C24H28N4O5S/c1-24(13-12-19-8-4-2-5-9-19)22(30)28(23(31)25-24)18-21(29)26-14-16-27(17-15-26)34(32,33)20-10-6-3-7-11-20/h2-11H,12-18H2,1H3,(H,25,31). The van der Waals surface area contributed by atoms with Gasteiger partial charge in [-0.25, -0.2) is 13.2 Å². The van der Waals surface area contributed by atoms with Crippen molar-refractivity contribution in [3.05, 3.63) is 66.2 Å². The van der Waals surface area contributed by atoms with Gasteiger partial charge in [0.05, 0.1) is 4.90 Å². The van der Waals surface area contributed by atoms with E-state index in [0.717, 1.165) is 10.5 Å². The number of piperazine rings is 1. The number of amides is 4. The molecule has 1 unspecified atom stereocenters. The van der Waals surface area contributed by atoms with Crippen LogP contribution in [0.2, 0.25) is 0 Å². The molecule has 2 saturated heterocycles. The Balaban J connectivity index is 1.33. The summed E-state index contributed by atoms with van der Waals surface area (Å²) >= 11 is 0. The molecule has 180 valence electrons. The predicted molar refractivity (Wildman–Crippen MR) is 125 cm³/mol. The molecule has 0 saturated carbocycles. The Kier molecular flexibility index (Phi) is 6.72. The van der Waals surface area contributed by atoms with Crippen LogP contribution in [0.1, 0.15) is 18.9 Å². The van der Waals surface area contributed by atoms with Gasteiger partial charge in [0.2, 0.25) is 15.9 Å². The van der Waals surface area contributed by atoms with E-state index in [4.69, 9.17) is 0 Å². The molecule has 2 heterocycles. The number of sulfonamides is 1. The van der Waals surface area contributed by atoms with E-state index in [0.29, 0.717) is 12.8 Å². The molecular weight excluding hydrogens is 456 g/mol. The van der Waals surface area contributed by atoms with E-state index < -0.39 is 27.5 Å². The van der Waals surface area contributed by atoms with Gasteiger partial charge in [-0.3, -0.25) is 14.5 Å². The number of hydrogen-bond donors (Lipinski definition) is 1. The van der Waals surface area contributed by atoms with E-state index in [1.54, 1.807) is 37.3 Å². The number of aryl methyl sites for hydroxylation is 1. The highest BCUT2D eigenvalue weighted by atomic mass is 32.2. The molecule has 2 aromatic rings. The molecule has 0 aliphatic carbocycles. The highest BCUT2D eigenvalue weighted by molar-refractivity contribution is 7.89. The van der Waals surface area contributed by atoms with Crippen LogP contribution in [-0.2, 0) is 26.0 Å². The summed E-state index contributed by atoms with van der Waals surface area (Å²) in [6, 6.07) is 17.3. The summed E-state index contributed by atoms with van der Waals surface area (Å²) in [5, 5.41) is 2.73. The van der Waals surface area contributed by atoms with Gasteiger partial charge in [0.15, 0.2) is 0 Å². The van der Waals surface area contributed by atoms with Gasteiger partial charge in [-0.2, -0.15) is 4.31 Å². The number of nitrogens with one attached hydrogen (secondary N) is 1. The zero-order valence-electron chi connectivity index (χ0n) is 19.0. The molecule has 4 amide bonds. The Morgan fingerprint density at radius 2 is 1.53 bits per heavy atom. The molecule has 9 nitrogen and oxygen atoms in total. The van der Waals surface area contributed by atoms with E-state index in [2.05, 4.69) is 5.32 Å². The fourth-order valence-corrected chi connectivity index (χ4v) is 5.70. The minimum absolute atomic E-state index is 0.151. The van der Waals surface area contributed by atoms with Crippen LogP contribution in [0.5, 0.6) is 0 Å². The predicted octanol–water partition coefficient (Wildman–Crippen LogP) is 1.46. The Bertz CT molecular complexity index is 1160. The quantitative estimate of drug-likeness (QED) is 0.599. The van der Waals surface area contributed by atoms with Gasteiger partial charge in [-0.1, -0.05) is 48.5 Å². The molecule has 0 spiro atoms. The molecule has 1 N–H and O–H groups in total. The summed E-state index contributed by atoms with van der Waals surface area (Å²) < 4.78 is 26.9. The summed E-state index contributed by atoms with van der Waals surface area (Å²) in [5.74, 6) is -0.806. The van der Waals surface area contributed by atoms with E-state index >= 15 is 0 Å². The van der Waals surface area contributed by atoms with Crippen molar-refractivity contribution in [3.8, 4) is 0 Å². The number of rotatable bonds is 7. The fourth-order valence-electron chi connectivity index (χ4n) is 4.25. The number of carbonyl (C=O) groups excluding carboxylic acids is 3. The number of urea groups is 1. The van der Waals surface area contributed by atoms with Crippen molar-refractivity contribution in [2.24, 2.45) is 0 Å². The highest BCUT2D eigenvalue weighted by Crippen LogP contribution is 2.24. The molecule has 0 aromatic heterocycles. The molecule has 2 aliphatic heterocycles. The number of carbonyl (C=O) groups is 3. The second kappa shape index (κ2) is 9.55. The van der Waals surface area contributed by atoms with Crippen molar-refractivity contribution in [1.29, 1.82) is 0 Å². The maximum Gasteiger partial charge on any atom is 0.325 e. The van der Waals surface area contributed by atoms with E-state index in [1.807, 2.05) is 30.3 Å². The molecule has 2 aliphatic rings. The van der Waals surface area contributed by atoms with E-state index in [1.165, 1.54) is 9.21 Å². The van der Waals surface area contributed by atoms with Crippen LogP contribution in [0.25, 0.3) is 0 Å². The van der Waals surface area contributed by atoms with Crippen LogP contribution in [0, 0.1) is 0 Å². The monoisotopic (exact) mass is 484 g/mol. The number of hydrogen-bond acceptors (Lipinski definition) is 5. The normalized spacial score (nSPS) is 21.6. The summed E-state index contributed by atoms with van der Waals surface area (Å²) in [6.07, 6.45) is 1.03. The van der Waals surface area contributed by atoms with Gasteiger partial charge in [0, 0.05) is 26.2 Å². The van der Waals surface area contributed by atoms with Gasteiger partial charge < -0.3 is 10.2 Å². The van der Waals surface area contributed by atoms with Crippen LogP contribution in [0.4, 0.5) is 4.79 Å². The van der Waals surface area contributed by atoms with Crippen molar-refractivity contribution in [2.75, 3.05) is 32.7 Å². The van der Waals surface area contributed by atoms with Crippen LogP contribution in [-0.4, -0.2) is 78.6 Å². The van der Waals surface area contributed by atoms with Crippen molar-refractivity contribution in [2.45, 2.75) is 30.2 Å². The summed E-state index contributed by atoms with van der Waals surface area (Å²) in [6.45, 7) is 2.00. The molecule has 0 radical (unpaired) electrons. The zero-order valence-corrected chi connectivity index (χ0v) is 19.8. The zero-order chi connectivity index (χ0) is 24.3. The molecule has 0 bridgehead atoms. The number of nitrogens with zero attached hydrogens (tertiary/aromatic N) is 3. The third-order valence-corrected chi connectivity index (χ3v) is 8.28. The first-order valence-corrected chi connectivity index (χ1v) is 12.7. The van der Waals surface area contributed by atoms with Crippen molar-refractivity contribution < 1.29 is 22.8 Å². The number of benzene rings is 2. The first-order valence-electron chi connectivity index (χ1n) is 11.2. The van der Waals surface area contributed by atoms with Gasteiger partial charge in [0.25, 0.3) is 5.91 Å². The molecule has 1 atom stereocenters. The molecule has 10 heteroatoms. The van der Waals surface area contributed by atoms with Gasteiger partial charge in [-0.05, 0) is 37.5 Å². The van der Waals surface area contributed by atoms with Gasteiger partial charge in [-0.15, -0.1) is 0 Å². The Morgan fingerprint density at radius 3 is 2.15 bits per heavy atom. The average Bonchev–Trinajstić information content (AvgIpc) is 3.07. The second-order valence-corrected chi connectivity index (χ2v) is 10.7. The highest BCUT2D eigenvalue weighted by Gasteiger charge is 2.48. The lowest BCUT2D eigenvalue weighted by Gasteiger charge is -2.34. The van der Waals surface area contributed by atoms with Crippen LogP contribution < -0.4 is 5.32 Å². The third kappa shape index (κ3) is 4.83. The summed E-state index contributed by atoms with van der Waals surface area (Å²) in [7, 11) is -3.63. The lowest BCUT2D eigenvalue weighted by molar-refractivity contribution is -0.139. The smallest absolute Gasteiger partial charge is 0.325 e. The summed E-state index contributed by atoms with van der Waals surface area (Å²) in [5.41, 5.74) is -0.0148. The largest absolute Gasteiger partial charge is 0.338 e. The van der Waals surface area contributed by atoms with Gasteiger partial charge >= 0.3 is 6.03 Å². The third-order valence-electron chi connectivity index (χ3n) is 6.37. The minimum atomic E-state index is -3.63. The summed E-state index contributed by atoms with van der Waals surface area (Å²) in [4.78, 5) is 41.0. The Morgan fingerprint density at radius 1 is 0.941 bits per heavy atom. The maximum atomic E-state index is 13.0. The van der Waals surface area contributed by atoms with Crippen LogP contribution >= 0.6 is 0 Å². The van der Waals surface area contributed by atoms with Crippen LogP contribution in [0.15, 0.2) is 65.6 Å². The first-order chi connectivity index (χ1) is 16.2. The minimum Gasteiger partial charge on any atom is -0.338 e. The van der Waals surface area contributed by atoms with Crippen molar-refractivity contribution in [3.63, 3.8) is 0 Å². The topological polar surface area (TPSA) is 107 Å². The first kappa shape index (κ1) is 23.9. The van der Waals surface area contributed by atoms with Gasteiger partial charge in [0.1, 0.15) is 12.1 Å². The fraction of sp³-hybridized carbons (Fsp3) is 0.375. The molecule has 2 aromatic carbocycles. The Hall–Kier alpha value is -3.24. The van der Waals surface area contributed by atoms with Crippen molar-refractivity contribution >= 4 is 27.9 Å². The maximum absolute atomic E-state index is 13.0. The number of imide groups is 1. The SMILES string of the molecule is CC1(CCc2ccccc2)NC(=O)N(CC(=O)N2CCN(S(=O)(=O)c3ccccc3)CC2)C1=O. The van der Waals surface area contributed by atoms with E-state index in [-0.39, 0.29) is 43.5 Å². The lowest BCUT2D eigenvalue weighted by atomic mass is 9.93. The Labute approximate surface area is 199 Å². The molecular formula is C24H28N4O5S. The average molecular weight is 485 g/mol. The second-order valence-electron chi connectivity index (χ2n) is 8.74. The molecule has 4 rings (SSSR count). The lowest BCUT2D eigenvalue weighted by Crippen LogP contribution is -2.53. The molecule has 34 heavy (non-hydrogen) atoms. The van der Waals surface area contributed by atoms with Crippen molar-refractivity contribution in [1.82, 2.24) is 19.4 Å². The molecule has 2 fully saturated rings. The van der Waals surface area contributed by atoms with Crippen LogP contribution in [0.3, 0.4) is 0 Å². The van der Waals surface area contributed by atoms with E-state index in [9.17, 15) is 22.8 Å².